The van der Waals surface area contributed by atoms with E-state index in [0.29, 0.717) is 6.54 Å². The van der Waals surface area contributed by atoms with Crippen LogP contribution in [-0.4, -0.2) is 21.0 Å². The minimum absolute atomic E-state index is 0.0407. The Labute approximate surface area is 117 Å². The highest BCUT2D eigenvalue weighted by molar-refractivity contribution is 7.89. The highest BCUT2D eigenvalue weighted by Gasteiger charge is 2.28. The van der Waals surface area contributed by atoms with E-state index in [4.69, 9.17) is 0 Å². The van der Waals surface area contributed by atoms with Crippen LogP contribution in [0.4, 0.5) is 8.78 Å². The molecule has 0 atom stereocenters. The van der Waals surface area contributed by atoms with Gasteiger partial charge in [-0.05, 0) is 31.5 Å². The first kappa shape index (κ1) is 15.3. The third-order valence-corrected chi connectivity index (χ3v) is 4.96. The van der Waals surface area contributed by atoms with Crippen molar-refractivity contribution in [3.63, 3.8) is 0 Å². The number of rotatable bonds is 6. The fraction of sp³-hybridized carbons (Fsp3) is 0.538. The standard InChI is InChI=1S/C13H18F2N2O2S/c1-2-16-8-10-11(14)6-7-12(13(10)15)20(18,19)17-9-4-3-5-9/h6-7,9,16-17H,2-5,8H2,1H3. The molecule has 0 aromatic heterocycles. The predicted octanol–water partition coefficient (Wildman–Crippen LogP) is 1.91. The van der Waals surface area contributed by atoms with Gasteiger partial charge in [0.2, 0.25) is 10.0 Å². The molecule has 0 spiro atoms. The number of hydrogen-bond donors (Lipinski definition) is 2. The zero-order valence-corrected chi connectivity index (χ0v) is 12.1. The molecular weight excluding hydrogens is 286 g/mol. The van der Waals surface area contributed by atoms with Crippen LogP contribution >= 0.6 is 0 Å². The summed E-state index contributed by atoms with van der Waals surface area (Å²) in [4.78, 5) is -0.487. The van der Waals surface area contributed by atoms with Gasteiger partial charge in [-0.1, -0.05) is 13.3 Å². The molecule has 1 aliphatic carbocycles. The van der Waals surface area contributed by atoms with Crippen molar-refractivity contribution in [1.29, 1.82) is 0 Å². The Kier molecular flexibility index (Phi) is 4.72. The summed E-state index contributed by atoms with van der Waals surface area (Å²) in [5, 5.41) is 2.79. The molecule has 0 amide bonds. The van der Waals surface area contributed by atoms with Gasteiger partial charge in [-0.15, -0.1) is 0 Å². The molecule has 1 fully saturated rings. The zero-order chi connectivity index (χ0) is 14.8. The fourth-order valence-corrected chi connectivity index (χ4v) is 3.41. The van der Waals surface area contributed by atoms with Crippen LogP contribution in [0, 0.1) is 11.6 Å². The molecule has 0 radical (unpaired) electrons. The average molecular weight is 304 g/mol. The second kappa shape index (κ2) is 6.15. The quantitative estimate of drug-likeness (QED) is 0.844. The third-order valence-electron chi connectivity index (χ3n) is 3.42. The van der Waals surface area contributed by atoms with Crippen LogP contribution in [0.1, 0.15) is 31.7 Å². The third kappa shape index (κ3) is 3.16. The number of halogens is 2. The first-order valence-electron chi connectivity index (χ1n) is 6.65. The van der Waals surface area contributed by atoms with Crippen LogP contribution in [0.3, 0.4) is 0 Å². The summed E-state index contributed by atoms with van der Waals surface area (Å²) in [6.45, 7) is 2.30. The summed E-state index contributed by atoms with van der Waals surface area (Å²) < 4.78 is 54.5. The average Bonchev–Trinajstić information content (AvgIpc) is 2.33. The Hall–Kier alpha value is -1.05. The van der Waals surface area contributed by atoms with Crippen LogP contribution in [0.5, 0.6) is 0 Å². The van der Waals surface area contributed by atoms with E-state index in [9.17, 15) is 17.2 Å². The SMILES string of the molecule is CCNCc1c(F)ccc(S(=O)(=O)NC2CCC2)c1F. The Balaban J connectivity index is 2.31. The molecule has 2 rings (SSSR count). The lowest BCUT2D eigenvalue weighted by Crippen LogP contribution is -2.39. The van der Waals surface area contributed by atoms with E-state index < -0.39 is 26.6 Å². The maximum Gasteiger partial charge on any atom is 0.243 e. The zero-order valence-electron chi connectivity index (χ0n) is 11.2. The van der Waals surface area contributed by atoms with Crippen LogP contribution in [0.2, 0.25) is 0 Å². The summed E-state index contributed by atoms with van der Waals surface area (Å²) in [7, 11) is -3.93. The van der Waals surface area contributed by atoms with Gasteiger partial charge in [0.05, 0.1) is 0 Å². The van der Waals surface area contributed by atoms with Crippen LogP contribution in [0.15, 0.2) is 17.0 Å². The largest absolute Gasteiger partial charge is 0.313 e. The number of benzene rings is 1. The van der Waals surface area contributed by atoms with Crippen molar-refractivity contribution < 1.29 is 17.2 Å². The van der Waals surface area contributed by atoms with Crippen molar-refractivity contribution in [3.05, 3.63) is 29.3 Å². The molecule has 4 nitrogen and oxygen atoms in total. The van der Waals surface area contributed by atoms with Crippen molar-refractivity contribution in [2.75, 3.05) is 6.54 Å². The van der Waals surface area contributed by atoms with Crippen molar-refractivity contribution in [1.82, 2.24) is 10.0 Å². The molecule has 1 aromatic carbocycles. The van der Waals surface area contributed by atoms with Crippen LogP contribution < -0.4 is 10.0 Å². The van der Waals surface area contributed by atoms with E-state index in [2.05, 4.69) is 10.0 Å². The molecule has 0 unspecified atom stereocenters. The number of nitrogens with one attached hydrogen (secondary N) is 2. The predicted molar refractivity (Wildman–Crippen MR) is 71.7 cm³/mol. The van der Waals surface area contributed by atoms with E-state index in [0.717, 1.165) is 31.4 Å². The normalized spacial score (nSPS) is 16.1. The maximum atomic E-state index is 14.2. The highest BCUT2D eigenvalue weighted by atomic mass is 32.2. The first-order valence-corrected chi connectivity index (χ1v) is 8.14. The van der Waals surface area contributed by atoms with E-state index in [1.54, 1.807) is 6.92 Å². The van der Waals surface area contributed by atoms with Gasteiger partial charge in [0.15, 0.2) is 5.82 Å². The Bertz CT molecular complexity index is 586. The highest BCUT2D eigenvalue weighted by Crippen LogP contribution is 2.24. The maximum absolute atomic E-state index is 14.2. The molecule has 0 heterocycles. The van der Waals surface area contributed by atoms with Crippen molar-refractivity contribution in [3.8, 4) is 0 Å². The van der Waals surface area contributed by atoms with Crippen molar-refractivity contribution in [2.45, 2.75) is 43.7 Å². The summed E-state index contributed by atoms with van der Waals surface area (Å²) in [6, 6.07) is 1.83. The first-order chi connectivity index (χ1) is 9.45. The Morgan fingerprint density at radius 3 is 2.55 bits per heavy atom. The topological polar surface area (TPSA) is 58.2 Å². The minimum atomic E-state index is -3.93. The van der Waals surface area contributed by atoms with Gasteiger partial charge in [-0.2, -0.15) is 0 Å². The molecule has 0 saturated heterocycles. The van der Waals surface area contributed by atoms with E-state index in [1.807, 2.05) is 0 Å². The van der Waals surface area contributed by atoms with E-state index >= 15 is 0 Å². The van der Waals surface area contributed by atoms with Gasteiger partial charge in [0, 0.05) is 18.2 Å². The second-order valence-corrected chi connectivity index (χ2v) is 6.55. The molecule has 7 heteroatoms. The molecule has 1 aliphatic rings. The monoisotopic (exact) mass is 304 g/mol. The summed E-state index contributed by atoms with van der Waals surface area (Å²) >= 11 is 0. The lowest BCUT2D eigenvalue weighted by Gasteiger charge is -2.26. The Morgan fingerprint density at radius 2 is 2.00 bits per heavy atom. The molecule has 0 bridgehead atoms. The van der Waals surface area contributed by atoms with Gasteiger partial charge >= 0.3 is 0 Å². The lowest BCUT2D eigenvalue weighted by molar-refractivity contribution is 0.382. The number of hydrogen-bond acceptors (Lipinski definition) is 3. The molecular formula is C13H18F2N2O2S. The van der Waals surface area contributed by atoms with Gasteiger partial charge in [-0.3, -0.25) is 0 Å². The Morgan fingerprint density at radius 1 is 1.30 bits per heavy atom. The molecule has 0 aliphatic heterocycles. The molecule has 20 heavy (non-hydrogen) atoms. The molecule has 112 valence electrons. The molecule has 2 N–H and O–H groups in total. The summed E-state index contributed by atoms with van der Waals surface area (Å²) in [5.41, 5.74) is -0.247. The van der Waals surface area contributed by atoms with Crippen molar-refractivity contribution >= 4 is 10.0 Å². The summed E-state index contributed by atoms with van der Waals surface area (Å²) in [6.07, 6.45) is 2.48. The second-order valence-electron chi connectivity index (χ2n) is 4.87. The van der Waals surface area contributed by atoms with E-state index in [-0.39, 0.29) is 18.2 Å². The van der Waals surface area contributed by atoms with Gasteiger partial charge in [-0.25, -0.2) is 21.9 Å². The van der Waals surface area contributed by atoms with Crippen LogP contribution in [-0.2, 0) is 16.6 Å². The van der Waals surface area contributed by atoms with Crippen LogP contribution in [0.25, 0.3) is 0 Å². The fourth-order valence-electron chi connectivity index (χ4n) is 2.00. The number of sulfonamides is 1. The van der Waals surface area contributed by atoms with Crippen molar-refractivity contribution in [2.24, 2.45) is 0 Å². The van der Waals surface area contributed by atoms with Gasteiger partial charge in [0.1, 0.15) is 10.7 Å². The minimum Gasteiger partial charge on any atom is -0.313 e. The summed E-state index contributed by atoms with van der Waals surface area (Å²) in [5.74, 6) is -1.76. The van der Waals surface area contributed by atoms with E-state index in [1.165, 1.54) is 0 Å². The molecule has 1 aromatic rings. The molecule has 1 saturated carbocycles. The lowest BCUT2D eigenvalue weighted by atomic mass is 9.94. The smallest absolute Gasteiger partial charge is 0.243 e. The van der Waals surface area contributed by atoms with Gasteiger partial charge < -0.3 is 5.32 Å². The van der Waals surface area contributed by atoms with Gasteiger partial charge in [0.25, 0.3) is 0 Å².